The lowest BCUT2D eigenvalue weighted by molar-refractivity contribution is -0.123. The summed E-state index contributed by atoms with van der Waals surface area (Å²) in [5, 5.41) is 2.77. The van der Waals surface area contributed by atoms with E-state index in [1.165, 1.54) is 0 Å². The van der Waals surface area contributed by atoms with Gasteiger partial charge in [0.1, 0.15) is 17.8 Å². The highest BCUT2D eigenvalue weighted by Gasteiger charge is 2.06. The van der Waals surface area contributed by atoms with Crippen molar-refractivity contribution in [3.63, 3.8) is 0 Å². The van der Waals surface area contributed by atoms with Gasteiger partial charge < -0.3 is 14.8 Å². The molecule has 114 valence electrons. The Bertz CT molecular complexity index is 637. The van der Waals surface area contributed by atoms with Gasteiger partial charge in [0, 0.05) is 17.7 Å². The van der Waals surface area contributed by atoms with Gasteiger partial charge in [0.05, 0.1) is 7.11 Å². The van der Waals surface area contributed by atoms with Crippen molar-refractivity contribution < 1.29 is 19.1 Å². The fourth-order valence-electron chi connectivity index (χ4n) is 1.89. The summed E-state index contributed by atoms with van der Waals surface area (Å²) in [5.74, 6) is 1.04. The minimum absolute atomic E-state index is 0.0877. The van der Waals surface area contributed by atoms with Gasteiger partial charge in [-0.1, -0.05) is 18.2 Å². The predicted molar refractivity (Wildman–Crippen MR) is 82.2 cm³/mol. The van der Waals surface area contributed by atoms with Crippen molar-refractivity contribution in [2.45, 2.75) is 6.54 Å². The van der Waals surface area contributed by atoms with E-state index in [1.807, 2.05) is 24.3 Å². The number of amides is 1. The summed E-state index contributed by atoms with van der Waals surface area (Å²) in [4.78, 5) is 22.3. The second-order valence-corrected chi connectivity index (χ2v) is 4.56. The van der Waals surface area contributed by atoms with Gasteiger partial charge >= 0.3 is 0 Å². The molecule has 0 spiro atoms. The first-order valence-electron chi connectivity index (χ1n) is 6.79. The molecule has 1 amide bonds. The summed E-state index contributed by atoms with van der Waals surface area (Å²) in [6.45, 7) is 0.284. The Kier molecular flexibility index (Phi) is 5.54. The number of benzene rings is 2. The van der Waals surface area contributed by atoms with Gasteiger partial charge in [0.15, 0.2) is 6.61 Å². The Hall–Kier alpha value is -2.82. The van der Waals surface area contributed by atoms with Crippen molar-refractivity contribution >= 4 is 12.2 Å². The number of hydrogen-bond acceptors (Lipinski definition) is 4. The van der Waals surface area contributed by atoms with Crippen LogP contribution in [0.4, 0.5) is 0 Å². The zero-order chi connectivity index (χ0) is 15.8. The molecule has 0 saturated carbocycles. The van der Waals surface area contributed by atoms with Crippen LogP contribution in [0.15, 0.2) is 48.5 Å². The van der Waals surface area contributed by atoms with E-state index in [0.29, 0.717) is 17.9 Å². The molecule has 0 atom stereocenters. The van der Waals surface area contributed by atoms with E-state index in [1.54, 1.807) is 31.4 Å². The van der Waals surface area contributed by atoms with Crippen LogP contribution >= 0.6 is 0 Å². The SMILES string of the molecule is COc1ccccc1CNC(=O)COc1ccc(C=O)cc1. The number of methoxy groups -OCH3 is 1. The summed E-state index contributed by atoms with van der Waals surface area (Å²) in [6.07, 6.45) is 0.754. The van der Waals surface area contributed by atoms with Crippen molar-refractivity contribution in [2.24, 2.45) is 0 Å². The molecule has 2 rings (SSSR count). The Labute approximate surface area is 128 Å². The number of ether oxygens (including phenoxy) is 2. The smallest absolute Gasteiger partial charge is 0.258 e. The van der Waals surface area contributed by atoms with E-state index in [-0.39, 0.29) is 12.5 Å². The van der Waals surface area contributed by atoms with Crippen molar-refractivity contribution in [1.82, 2.24) is 5.32 Å². The van der Waals surface area contributed by atoms with E-state index in [4.69, 9.17) is 9.47 Å². The Morgan fingerprint density at radius 3 is 2.55 bits per heavy atom. The van der Waals surface area contributed by atoms with E-state index in [9.17, 15) is 9.59 Å². The van der Waals surface area contributed by atoms with Crippen LogP contribution in [0.5, 0.6) is 11.5 Å². The molecule has 0 unspecified atom stereocenters. The molecule has 0 heterocycles. The van der Waals surface area contributed by atoms with Crippen LogP contribution in [0.3, 0.4) is 0 Å². The third-order valence-electron chi connectivity index (χ3n) is 3.05. The topological polar surface area (TPSA) is 64.6 Å². The third-order valence-corrected chi connectivity index (χ3v) is 3.05. The van der Waals surface area contributed by atoms with Gasteiger partial charge in [-0.25, -0.2) is 0 Å². The second kappa shape index (κ2) is 7.83. The molecule has 0 radical (unpaired) electrons. The molecule has 2 aromatic carbocycles. The van der Waals surface area contributed by atoms with Gasteiger partial charge in [-0.05, 0) is 30.3 Å². The molecule has 1 N–H and O–H groups in total. The van der Waals surface area contributed by atoms with Gasteiger partial charge in [-0.3, -0.25) is 9.59 Å². The first-order chi connectivity index (χ1) is 10.7. The van der Waals surface area contributed by atoms with Crippen molar-refractivity contribution in [3.05, 3.63) is 59.7 Å². The zero-order valence-corrected chi connectivity index (χ0v) is 12.2. The molecule has 0 aromatic heterocycles. The van der Waals surface area contributed by atoms with Crippen molar-refractivity contribution in [3.8, 4) is 11.5 Å². The quantitative estimate of drug-likeness (QED) is 0.796. The minimum Gasteiger partial charge on any atom is -0.496 e. The van der Waals surface area contributed by atoms with Gasteiger partial charge in [-0.2, -0.15) is 0 Å². The van der Waals surface area contributed by atoms with Gasteiger partial charge in [-0.15, -0.1) is 0 Å². The van der Waals surface area contributed by atoms with Crippen LogP contribution < -0.4 is 14.8 Å². The molecule has 0 saturated heterocycles. The Balaban J connectivity index is 1.81. The van der Waals surface area contributed by atoms with Crippen molar-refractivity contribution in [2.75, 3.05) is 13.7 Å². The first kappa shape index (κ1) is 15.6. The average Bonchev–Trinajstić information content (AvgIpc) is 2.58. The number of aldehydes is 1. The van der Waals surface area contributed by atoms with Crippen LogP contribution in [-0.2, 0) is 11.3 Å². The highest BCUT2D eigenvalue weighted by molar-refractivity contribution is 5.77. The molecular weight excluding hydrogens is 282 g/mol. The molecule has 5 nitrogen and oxygen atoms in total. The Morgan fingerprint density at radius 1 is 1.14 bits per heavy atom. The van der Waals surface area contributed by atoms with Crippen LogP contribution in [0.1, 0.15) is 15.9 Å². The first-order valence-corrected chi connectivity index (χ1v) is 6.79. The lowest BCUT2D eigenvalue weighted by Crippen LogP contribution is -2.28. The summed E-state index contributed by atoms with van der Waals surface area (Å²) < 4.78 is 10.6. The summed E-state index contributed by atoms with van der Waals surface area (Å²) in [5.41, 5.74) is 1.46. The van der Waals surface area contributed by atoms with Crippen LogP contribution in [0.25, 0.3) is 0 Å². The molecule has 0 aliphatic rings. The normalized spacial score (nSPS) is 9.86. The molecule has 22 heavy (non-hydrogen) atoms. The van der Waals surface area contributed by atoms with E-state index < -0.39 is 0 Å². The molecule has 0 aliphatic carbocycles. The van der Waals surface area contributed by atoms with Crippen molar-refractivity contribution in [1.29, 1.82) is 0 Å². The number of hydrogen-bond donors (Lipinski definition) is 1. The molecular formula is C17H17NO4. The third kappa shape index (κ3) is 4.34. The summed E-state index contributed by atoms with van der Waals surface area (Å²) in [6, 6.07) is 14.1. The molecule has 0 bridgehead atoms. The highest BCUT2D eigenvalue weighted by atomic mass is 16.5. The molecule has 5 heteroatoms. The molecule has 0 fully saturated rings. The number of rotatable bonds is 7. The van der Waals surface area contributed by atoms with Crippen LogP contribution in [0.2, 0.25) is 0 Å². The van der Waals surface area contributed by atoms with Gasteiger partial charge in [0.25, 0.3) is 5.91 Å². The maximum Gasteiger partial charge on any atom is 0.258 e. The standard InChI is InChI=1S/C17H17NO4/c1-21-16-5-3-2-4-14(16)10-18-17(20)12-22-15-8-6-13(11-19)7-9-15/h2-9,11H,10,12H2,1H3,(H,18,20). The largest absolute Gasteiger partial charge is 0.496 e. The van der Waals surface area contributed by atoms with E-state index in [2.05, 4.69) is 5.32 Å². The molecule has 2 aromatic rings. The number of para-hydroxylation sites is 1. The lowest BCUT2D eigenvalue weighted by atomic mass is 10.2. The minimum atomic E-state index is -0.231. The summed E-state index contributed by atoms with van der Waals surface area (Å²) >= 11 is 0. The van der Waals surface area contributed by atoms with Gasteiger partial charge in [0.2, 0.25) is 0 Å². The van der Waals surface area contributed by atoms with E-state index >= 15 is 0 Å². The maximum absolute atomic E-state index is 11.8. The average molecular weight is 299 g/mol. The Morgan fingerprint density at radius 2 is 1.86 bits per heavy atom. The van der Waals surface area contributed by atoms with E-state index in [0.717, 1.165) is 17.6 Å². The second-order valence-electron chi connectivity index (χ2n) is 4.56. The fraction of sp³-hybridized carbons (Fsp3) is 0.176. The predicted octanol–water partition coefficient (Wildman–Crippen LogP) is 2.20. The monoisotopic (exact) mass is 299 g/mol. The number of nitrogens with one attached hydrogen (secondary N) is 1. The zero-order valence-electron chi connectivity index (χ0n) is 12.2. The highest BCUT2D eigenvalue weighted by Crippen LogP contribution is 2.16. The van der Waals surface area contributed by atoms with Crippen LogP contribution in [0, 0.1) is 0 Å². The summed E-state index contributed by atoms with van der Waals surface area (Å²) in [7, 11) is 1.59. The molecule has 0 aliphatic heterocycles. The fourth-order valence-corrected chi connectivity index (χ4v) is 1.89. The number of carbonyl (C=O) groups is 2. The lowest BCUT2D eigenvalue weighted by Gasteiger charge is -2.10. The number of carbonyl (C=O) groups excluding carboxylic acids is 2. The maximum atomic E-state index is 11.8. The van der Waals surface area contributed by atoms with Crippen LogP contribution in [-0.4, -0.2) is 25.9 Å².